The molecule has 1 aliphatic heterocycles. The van der Waals surface area contributed by atoms with Gasteiger partial charge in [-0.3, -0.25) is 13.8 Å². The Morgan fingerprint density at radius 3 is 2.44 bits per heavy atom. The maximum Gasteiger partial charge on any atom is 0.435 e. The van der Waals surface area contributed by atoms with E-state index in [9.17, 15) is 43.9 Å². The monoisotopic (exact) mass is 676 g/mol. The van der Waals surface area contributed by atoms with Gasteiger partial charge < -0.3 is 10.1 Å². The third kappa shape index (κ3) is 6.42. The lowest BCUT2D eigenvalue weighted by Gasteiger charge is -2.36. The zero-order chi connectivity index (χ0) is 32.9. The van der Waals surface area contributed by atoms with E-state index in [1.807, 2.05) is 0 Å². The van der Waals surface area contributed by atoms with Crippen molar-refractivity contribution in [2.45, 2.75) is 23.4 Å². The van der Waals surface area contributed by atoms with E-state index in [-0.39, 0.29) is 27.6 Å². The number of carbonyl (C=O) groups is 1. The van der Waals surface area contributed by atoms with Crippen LogP contribution in [0, 0.1) is 5.82 Å². The molecule has 4 aromatic rings. The molecule has 1 aromatic heterocycles. The average molecular weight is 677 g/mol. The van der Waals surface area contributed by atoms with Crippen molar-refractivity contribution in [1.29, 1.82) is 0 Å². The normalized spacial score (nSPS) is 15.4. The van der Waals surface area contributed by atoms with Crippen molar-refractivity contribution in [3.63, 3.8) is 0 Å². The molecule has 238 valence electrons. The Kier molecular flexibility index (Phi) is 8.24. The highest BCUT2D eigenvalue weighted by Gasteiger charge is 2.40. The van der Waals surface area contributed by atoms with E-state index in [1.54, 1.807) is 0 Å². The molecule has 0 fully saturated rings. The van der Waals surface area contributed by atoms with Gasteiger partial charge in [0.05, 0.1) is 39.8 Å². The number of hydrogen-bond acceptors (Lipinski definition) is 5. The van der Waals surface area contributed by atoms with Crippen molar-refractivity contribution < 1.29 is 48.7 Å². The zero-order valence-electron chi connectivity index (χ0n) is 22.7. The molecule has 5 rings (SSSR count). The summed E-state index contributed by atoms with van der Waals surface area (Å²) >= 11 is 6.12. The van der Waals surface area contributed by atoms with Crippen molar-refractivity contribution in [1.82, 2.24) is 15.1 Å². The van der Waals surface area contributed by atoms with Crippen LogP contribution in [0.4, 0.5) is 36.4 Å². The molecule has 1 aliphatic rings. The summed E-state index contributed by atoms with van der Waals surface area (Å²) in [6, 6.07) is 11.0. The molecule has 8 nitrogen and oxygen atoms in total. The molecule has 1 amide bonds. The number of rotatable bonds is 6. The molecule has 0 saturated heterocycles. The Morgan fingerprint density at radius 2 is 1.76 bits per heavy atom. The first-order valence-electron chi connectivity index (χ1n) is 12.8. The molecule has 0 bridgehead atoms. The minimum Gasteiger partial charge on any atom is -0.484 e. The first-order chi connectivity index (χ1) is 21.0. The van der Waals surface area contributed by atoms with E-state index in [4.69, 9.17) is 16.3 Å². The SMILES string of the molecule is Cn1cc(C(=O)NCC2CN(S(=O)(=O)c3cccc(C(F)(F)F)c3)c3cc(-c4cccc(F)c4Cl)ccc3O2)c(C(F)(F)F)n1. The fourth-order valence-electron chi connectivity index (χ4n) is 4.67. The molecular weight excluding hydrogens is 657 g/mol. The molecule has 3 aromatic carbocycles. The van der Waals surface area contributed by atoms with Crippen LogP contribution in [0.3, 0.4) is 0 Å². The van der Waals surface area contributed by atoms with Gasteiger partial charge in [-0.05, 0) is 42.0 Å². The van der Waals surface area contributed by atoms with E-state index < -0.39 is 75.0 Å². The van der Waals surface area contributed by atoms with Crippen molar-refractivity contribution >= 4 is 33.2 Å². The van der Waals surface area contributed by atoms with Gasteiger partial charge in [-0.1, -0.05) is 35.9 Å². The molecule has 45 heavy (non-hydrogen) atoms. The topological polar surface area (TPSA) is 93.5 Å². The van der Waals surface area contributed by atoms with E-state index in [1.165, 1.54) is 37.4 Å². The number of carbonyl (C=O) groups excluding carboxylic acids is 1. The maximum atomic E-state index is 14.2. The Balaban J connectivity index is 1.53. The van der Waals surface area contributed by atoms with Gasteiger partial charge in [0.15, 0.2) is 5.69 Å². The number of hydrogen-bond donors (Lipinski definition) is 1. The number of alkyl halides is 6. The summed E-state index contributed by atoms with van der Waals surface area (Å²) < 4.78 is 130. The van der Waals surface area contributed by atoms with Gasteiger partial charge >= 0.3 is 12.4 Å². The highest BCUT2D eigenvalue weighted by Crippen LogP contribution is 2.42. The largest absolute Gasteiger partial charge is 0.484 e. The first-order valence-corrected chi connectivity index (χ1v) is 14.6. The minimum atomic E-state index is -4.94. The second-order valence-electron chi connectivity index (χ2n) is 9.86. The number of anilines is 1. The molecule has 0 saturated carbocycles. The summed E-state index contributed by atoms with van der Waals surface area (Å²) in [5, 5.41) is 5.28. The lowest BCUT2D eigenvalue weighted by atomic mass is 10.0. The Hall–Kier alpha value is -4.31. The maximum absolute atomic E-state index is 14.2. The van der Waals surface area contributed by atoms with Crippen LogP contribution in [0.15, 0.2) is 71.8 Å². The number of nitrogens with one attached hydrogen (secondary N) is 1. The number of benzene rings is 3. The third-order valence-corrected chi connectivity index (χ3v) is 8.89. The minimum absolute atomic E-state index is 0.0929. The van der Waals surface area contributed by atoms with Crippen LogP contribution in [-0.2, 0) is 29.4 Å². The summed E-state index contributed by atoms with van der Waals surface area (Å²) in [5.41, 5.74) is -3.16. The van der Waals surface area contributed by atoms with Crippen molar-refractivity contribution in [3.05, 3.63) is 94.5 Å². The van der Waals surface area contributed by atoms with Crippen molar-refractivity contribution in [2.75, 3.05) is 17.4 Å². The lowest BCUT2D eigenvalue weighted by molar-refractivity contribution is -0.141. The number of ether oxygens (including phenoxy) is 1. The van der Waals surface area contributed by atoms with Gasteiger partial charge in [0, 0.05) is 18.8 Å². The molecule has 0 radical (unpaired) electrons. The summed E-state index contributed by atoms with van der Waals surface area (Å²) in [6.45, 7) is -1.08. The van der Waals surface area contributed by atoms with Gasteiger partial charge in [0.2, 0.25) is 0 Å². The molecule has 17 heteroatoms. The van der Waals surface area contributed by atoms with Gasteiger partial charge in [0.1, 0.15) is 17.7 Å². The fraction of sp³-hybridized carbons (Fsp3) is 0.214. The van der Waals surface area contributed by atoms with E-state index in [0.29, 0.717) is 12.1 Å². The van der Waals surface area contributed by atoms with Crippen LogP contribution < -0.4 is 14.4 Å². The van der Waals surface area contributed by atoms with Crippen molar-refractivity contribution in [2.24, 2.45) is 7.05 Å². The highest BCUT2D eigenvalue weighted by molar-refractivity contribution is 7.92. The third-order valence-electron chi connectivity index (χ3n) is 6.73. The number of fused-ring (bicyclic) bond motifs is 1. The second-order valence-corrected chi connectivity index (χ2v) is 12.1. The van der Waals surface area contributed by atoms with Crippen LogP contribution in [0.5, 0.6) is 5.75 Å². The van der Waals surface area contributed by atoms with Crippen LogP contribution in [-0.4, -0.2) is 43.3 Å². The molecule has 2 heterocycles. The van der Waals surface area contributed by atoms with Gasteiger partial charge in [-0.15, -0.1) is 0 Å². The summed E-state index contributed by atoms with van der Waals surface area (Å²) in [6.07, 6.45) is -10.1. The zero-order valence-corrected chi connectivity index (χ0v) is 24.3. The molecule has 1 unspecified atom stereocenters. The van der Waals surface area contributed by atoms with Gasteiger partial charge in [0.25, 0.3) is 15.9 Å². The van der Waals surface area contributed by atoms with E-state index >= 15 is 0 Å². The number of halogens is 8. The average Bonchev–Trinajstić information content (AvgIpc) is 3.39. The number of aryl methyl sites for hydroxylation is 1. The number of sulfonamides is 1. The van der Waals surface area contributed by atoms with E-state index in [2.05, 4.69) is 10.4 Å². The second kappa shape index (κ2) is 11.6. The highest BCUT2D eigenvalue weighted by atomic mass is 35.5. The number of aromatic nitrogens is 2. The van der Waals surface area contributed by atoms with Crippen LogP contribution in [0.1, 0.15) is 21.6 Å². The van der Waals surface area contributed by atoms with E-state index in [0.717, 1.165) is 33.4 Å². The van der Waals surface area contributed by atoms with Gasteiger partial charge in [-0.2, -0.15) is 31.4 Å². The Morgan fingerprint density at radius 1 is 1.04 bits per heavy atom. The standard InChI is InChI=1S/C28H20ClF7N4O4S/c1-39-14-20(25(38-39)28(34,35)36)26(41)37-12-17-13-40(45(42,43)18-5-2-4-16(11-18)27(31,32)33)22-10-15(8-9-23(22)44-17)19-6-3-7-21(30)24(19)29/h2-11,14,17H,12-13H2,1H3,(H,37,41). The predicted molar refractivity (Wildman–Crippen MR) is 148 cm³/mol. The smallest absolute Gasteiger partial charge is 0.435 e. The summed E-state index contributed by atoms with van der Waals surface area (Å²) in [4.78, 5) is 12.0. The van der Waals surface area contributed by atoms with Crippen molar-refractivity contribution in [3.8, 4) is 16.9 Å². The molecule has 1 atom stereocenters. The van der Waals surface area contributed by atoms with Crippen LogP contribution >= 0.6 is 11.6 Å². The molecule has 1 N–H and O–H groups in total. The van der Waals surface area contributed by atoms with Crippen LogP contribution in [0.25, 0.3) is 11.1 Å². The fourth-order valence-corrected chi connectivity index (χ4v) is 6.45. The Bertz CT molecular complexity index is 1890. The predicted octanol–water partition coefficient (Wildman–Crippen LogP) is 6.30. The Labute approximate surface area is 256 Å². The lowest BCUT2D eigenvalue weighted by Crippen LogP contribution is -2.48. The quantitative estimate of drug-likeness (QED) is 0.242. The first kappa shape index (κ1) is 32.1. The molecular formula is C28H20ClF7N4O4S. The molecule has 0 spiro atoms. The number of nitrogens with zero attached hydrogens (tertiary/aromatic N) is 3. The molecule has 0 aliphatic carbocycles. The summed E-state index contributed by atoms with van der Waals surface area (Å²) in [7, 11) is -3.56. The van der Waals surface area contributed by atoms with Gasteiger partial charge in [-0.25, -0.2) is 12.8 Å². The number of amides is 1. The summed E-state index contributed by atoms with van der Waals surface area (Å²) in [5.74, 6) is -2.02. The van der Waals surface area contributed by atoms with Crippen LogP contribution in [0.2, 0.25) is 5.02 Å².